The zero-order valence-corrected chi connectivity index (χ0v) is 13.8. The summed E-state index contributed by atoms with van der Waals surface area (Å²) in [6, 6.07) is 15.4. The molecule has 0 bridgehead atoms. The number of ether oxygens (including phenoxy) is 1. The van der Waals surface area contributed by atoms with Gasteiger partial charge in [0, 0.05) is 5.02 Å². The third kappa shape index (κ3) is 3.64. The molecule has 1 heterocycles. The Kier molecular flexibility index (Phi) is 4.70. The first-order chi connectivity index (χ1) is 10.7. The molecule has 3 rings (SSSR count). The second kappa shape index (κ2) is 6.89. The number of hydrogen-bond acceptors (Lipinski definition) is 4. The average Bonchev–Trinajstić information content (AvgIpc) is 2.95. The highest BCUT2D eigenvalue weighted by Gasteiger charge is 2.09. The standard InChI is InChI=1S/C15H12BrClN4O/c16-13-8-12(17)6-7-14(13)22-10-15-18-19-20-21(15)9-11-4-2-1-3-5-11/h1-8H,9-10H2. The summed E-state index contributed by atoms with van der Waals surface area (Å²) in [5, 5.41) is 12.4. The van der Waals surface area contributed by atoms with E-state index in [9.17, 15) is 0 Å². The van der Waals surface area contributed by atoms with Gasteiger partial charge in [-0.1, -0.05) is 41.9 Å². The molecule has 0 saturated carbocycles. The third-order valence-corrected chi connectivity index (χ3v) is 3.89. The summed E-state index contributed by atoms with van der Waals surface area (Å²) in [6.07, 6.45) is 0. The van der Waals surface area contributed by atoms with Crippen LogP contribution in [0.15, 0.2) is 53.0 Å². The molecule has 1 aromatic heterocycles. The lowest BCUT2D eigenvalue weighted by Crippen LogP contribution is -2.10. The number of nitrogens with zero attached hydrogens (tertiary/aromatic N) is 4. The van der Waals surface area contributed by atoms with E-state index < -0.39 is 0 Å². The molecule has 0 fully saturated rings. The molecular formula is C15H12BrClN4O. The van der Waals surface area contributed by atoms with E-state index in [0.29, 0.717) is 23.1 Å². The molecule has 0 aliphatic heterocycles. The molecule has 2 aromatic carbocycles. The highest BCUT2D eigenvalue weighted by molar-refractivity contribution is 9.10. The number of aromatic nitrogens is 4. The Hall–Kier alpha value is -1.92. The molecule has 3 aromatic rings. The van der Waals surface area contributed by atoms with Gasteiger partial charge in [-0.15, -0.1) is 5.10 Å². The summed E-state index contributed by atoms with van der Waals surface area (Å²) in [4.78, 5) is 0. The highest BCUT2D eigenvalue weighted by Crippen LogP contribution is 2.28. The van der Waals surface area contributed by atoms with Crippen molar-refractivity contribution in [2.24, 2.45) is 0 Å². The Morgan fingerprint density at radius 2 is 1.95 bits per heavy atom. The molecule has 5 nitrogen and oxygen atoms in total. The summed E-state index contributed by atoms with van der Waals surface area (Å²) in [5.41, 5.74) is 1.13. The third-order valence-electron chi connectivity index (χ3n) is 3.03. The van der Waals surface area contributed by atoms with Crippen LogP contribution in [0, 0.1) is 0 Å². The number of halogens is 2. The monoisotopic (exact) mass is 378 g/mol. The van der Waals surface area contributed by atoms with Crippen LogP contribution >= 0.6 is 27.5 Å². The molecule has 0 saturated heterocycles. The van der Waals surface area contributed by atoms with Crippen LogP contribution in [0.5, 0.6) is 5.75 Å². The van der Waals surface area contributed by atoms with Crippen LogP contribution in [-0.4, -0.2) is 20.2 Å². The first kappa shape index (κ1) is 15.0. The van der Waals surface area contributed by atoms with Gasteiger partial charge in [-0.2, -0.15) is 0 Å². The maximum atomic E-state index is 5.91. The van der Waals surface area contributed by atoms with E-state index >= 15 is 0 Å². The molecule has 112 valence electrons. The number of tetrazole rings is 1. The Morgan fingerprint density at radius 3 is 2.73 bits per heavy atom. The van der Waals surface area contributed by atoms with Gasteiger partial charge in [0.1, 0.15) is 12.4 Å². The van der Waals surface area contributed by atoms with Gasteiger partial charge in [0.2, 0.25) is 0 Å². The lowest BCUT2D eigenvalue weighted by Gasteiger charge is -2.08. The summed E-state index contributed by atoms with van der Waals surface area (Å²) < 4.78 is 8.26. The summed E-state index contributed by atoms with van der Waals surface area (Å²) in [6.45, 7) is 0.883. The van der Waals surface area contributed by atoms with Gasteiger partial charge < -0.3 is 4.74 Å². The number of hydrogen-bond donors (Lipinski definition) is 0. The van der Waals surface area contributed by atoms with Crippen molar-refractivity contribution in [2.45, 2.75) is 13.2 Å². The molecule has 0 amide bonds. The number of benzene rings is 2. The van der Waals surface area contributed by atoms with Gasteiger partial charge >= 0.3 is 0 Å². The average molecular weight is 380 g/mol. The minimum atomic E-state index is 0.278. The van der Waals surface area contributed by atoms with E-state index in [1.54, 1.807) is 22.9 Å². The van der Waals surface area contributed by atoms with E-state index in [0.717, 1.165) is 10.0 Å². The topological polar surface area (TPSA) is 52.8 Å². The van der Waals surface area contributed by atoms with E-state index in [4.69, 9.17) is 16.3 Å². The van der Waals surface area contributed by atoms with Gasteiger partial charge in [-0.3, -0.25) is 0 Å². The van der Waals surface area contributed by atoms with Crippen LogP contribution in [0.2, 0.25) is 5.02 Å². The van der Waals surface area contributed by atoms with Crippen molar-refractivity contribution in [1.82, 2.24) is 20.2 Å². The molecule has 0 spiro atoms. The molecule has 7 heteroatoms. The predicted molar refractivity (Wildman–Crippen MR) is 86.8 cm³/mol. The van der Waals surface area contributed by atoms with Crippen LogP contribution < -0.4 is 4.74 Å². The number of rotatable bonds is 5. The molecule has 0 atom stereocenters. The maximum Gasteiger partial charge on any atom is 0.189 e. The van der Waals surface area contributed by atoms with Gasteiger partial charge in [0.05, 0.1) is 11.0 Å². The minimum Gasteiger partial charge on any atom is -0.484 e. The fraction of sp³-hybridized carbons (Fsp3) is 0.133. The fourth-order valence-corrected chi connectivity index (χ4v) is 2.74. The molecule has 0 aliphatic carbocycles. The quantitative estimate of drug-likeness (QED) is 0.678. The zero-order chi connectivity index (χ0) is 15.4. The van der Waals surface area contributed by atoms with Crippen molar-refractivity contribution < 1.29 is 4.74 Å². The summed E-state index contributed by atoms with van der Waals surface area (Å²) >= 11 is 9.33. The molecule has 0 radical (unpaired) electrons. The van der Waals surface area contributed by atoms with Crippen molar-refractivity contribution >= 4 is 27.5 Å². The largest absolute Gasteiger partial charge is 0.484 e. The molecule has 22 heavy (non-hydrogen) atoms. The van der Waals surface area contributed by atoms with Crippen LogP contribution in [0.1, 0.15) is 11.4 Å². The lowest BCUT2D eigenvalue weighted by atomic mass is 10.2. The van der Waals surface area contributed by atoms with E-state index in [2.05, 4.69) is 31.5 Å². The van der Waals surface area contributed by atoms with E-state index in [1.807, 2.05) is 30.3 Å². The van der Waals surface area contributed by atoms with Gasteiger partial charge in [0.15, 0.2) is 5.82 Å². The summed E-state index contributed by atoms with van der Waals surface area (Å²) in [5.74, 6) is 1.35. The second-order valence-corrected chi connectivity index (χ2v) is 5.89. The molecule has 0 unspecified atom stereocenters. The lowest BCUT2D eigenvalue weighted by molar-refractivity contribution is 0.286. The highest BCUT2D eigenvalue weighted by atomic mass is 79.9. The SMILES string of the molecule is Clc1ccc(OCc2nnnn2Cc2ccccc2)c(Br)c1. The van der Waals surface area contributed by atoms with Crippen molar-refractivity contribution in [3.8, 4) is 5.75 Å². The normalized spacial score (nSPS) is 10.6. The first-order valence-electron chi connectivity index (χ1n) is 6.59. The second-order valence-electron chi connectivity index (χ2n) is 4.60. The van der Waals surface area contributed by atoms with Crippen LogP contribution in [-0.2, 0) is 13.2 Å². The molecular weight excluding hydrogens is 368 g/mol. The molecule has 0 aliphatic rings. The minimum absolute atomic E-state index is 0.278. The molecule has 0 N–H and O–H groups in total. The first-order valence-corrected chi connectivity index (χ1v) is 7.76. The van der Waals surface area contributed by atoms with Crippen molar-refractivity contribution in [2.75, 3.05) is 0 Å². The van der Waals surface area contributed by atoms with Crippen LogP contribution in [0.4, 0.5) is 0 Å². The van der Waals surface area contributed by atoms with E-state index in [1.165, 1.54) is 0 Å². The predicted octanol–water partition coefficient (Wildman–Crippen LogP) is 3.72. The zero-order valence-electron chi connectivity index (χ0n) is 11.5. The smallest absolute Gasteiger partial charge is 0.189 e. The Labute approximate surface area is 141 Å². The fourth-order valence-electron chi connectivity index (χ4n) is 1.94. The van der Waals surface area contributed by atoms with Crippen molar-refractivity contribution in [1.29, 1.82) is 0 Å². The Balaban J connectivity index is 1.70. The van der Waals surface area contributed by atoms with Crippen molar-refractivity contribution in [3.63, 3.8) is 0 Å². The Morgan fingerprint density at radius 1 is 1.14 bits per heavy atom. The van der Waals surface area contributed by atoms with Crippen LogP contribution in [0.25, 0.3) is 0 Å². The van der Waals surface area contributed by atoms with Gasteiger partial charge in [-0.05, 0) is 50.1 Å². The maximum absolute atomic E-state index is 5.91. The van der Waals surface area contributed by atoms with Gasteiger partial charge in [0.25, 0.3) is 0 Å². The van der Waals surface area contributed by atoms with Crippen LogP contribution in [0.3, 0.4) is 0 Å². The Bertz CT molecular complexity index is 763. The van der Waals surface area contributed by atoms with Crippen molar-refractivity contribution in [3.05, 3.63) is 69.4 Å². The van der Waals surface area contributed by atoms with Gasteiger partial charge in [-0.25, -0.2) is 4.68 Å². The van der Waals surface area contributed by atoms with E-state index in [-0.39, 0.29) is 6.61 Å². The summed E-state index contributed by atoms with van der Waals surface area (Å²) in [7, 11) is 0.